The molecular weight excluding hydrogens is 347 g/mol. The number of anilines is 1. The van der Waals surface area contributed by atoms with Crippen molar-refractivity contribution in [3.63, 3.8) is 0 Å². The molecule has 1 amide bonds. The third-order valence-electron chi connectivity index (χ3n) is 3.45. The highest BCUT2D eigenvalue weighted by atomic mass is 32.2. The molecule has 0 atom stereocenters. The van der Waals surface area contributed by atoms with Crippen molar-refractivity contribution < 1.29 is 22.3 Å². The number of carbonyl (C=O) groups excluding carboxylic acids is 1. The molecule has 1 N–H and O–H groups in total. The number of benzene rings is 2. The van der Waals surface area contributed by atoms with E-state index in [4.69, 9.17) is 4.74 Å². The van der Waals surface area contributed by atoms with E-state index in [2.05, 4.69) is 5.32 Å². The van der Waals surface area contributed by atoms with E-state index >= 15 is 0 Å². The molecular formula is C17H19FN2O4S. The number of ether oxygens (including phenoxy) is 1. The van der Waals surface area contributed by atoms with E-state index < -0.39 is 21.7 Å². The molecule has 8 heteroatoms. The van der Waals surface area contributed by atoms with Gasteiger partial charge in [0.1, 0.15) is 18.1 Å². The predicted octanol–water partition coefficient (Wildman–Crippen LogP) is 1.92. The van der Waals surface area contributed by atoms with Gasteiger partial charge in [-0.1, -0.05) is 12.1 Å². The zero-order chi connectivity index (χ0) is 18.4. The normalized spacial score (nSPS) is 11.0. The lowest BCUT2D eigenvalue weighted by Gasteiger charge is -2.21. The summed E-state index contributed by atoms with van der Waals surface area (Å²) < 4.78 is 42.9. The van der Waals surface area contributed by atoms with Crippen molar-refractivity contribution in [2.24, 2.45) is 0 Å². The van der Waals surface area contributed by atoms with E-state index in [0.29, 0.717) is 5.75 Å². The van der Waals surface area contributed by atoms with Crippen LogP contribution in [0.1, 0.15) is 5.56 Å². The minimum absolute atomic E-state index is 0.225. The summed E-state index contributed by atoms with van der Waals surface area (Å²) in [6, 6.07) is 12.0. The van der Waals surface area contributed by atoms with E-state index in [1.165, 1.54) is 12.1 Å². The fraction of sp³-hybridized carbons (Fsp3) is 0.235. The van der Waals surface area contributed by atoms with Crippen LogP contribution in [0.4, 0.5) is 10.1 Å². The van der Waals surface area contributed by atoms with Crippen LogP contribution in [0, 0.1) is 5.82 Å². The second-order valence-corrected chi connectivity index (χ2v) is 7.28. The van der Waals surface area contributed by atoms with Crippen LogP contribution in [0.3, 0.4) is 0 Å². The number of carbonyl (C=O) groups is 1. The lowest BCUT2D eigenvalue weighted by atomic mass is 10.2. The largest absolute Gasteiger partial charge is 0.497 e. The maximum Gasteiger partial charge on any atom is 0.241 e. The lowest BCUT2D eigenvalue weighted by Crippen LogP contribution is -2.40. The Morgan fingerprint density at radius 1 is 1.12 bits per heavy atom. The Labute approximate surface area is 146 Å². The summed E-state index contributed by atoms with van der Waals surface area (Å²) in [6.45, 7) is -0.134. The summed E-state index contributed by atoms with van der Waals surface area (Å²) in [5.74, 6) is -0.249. The van der Waals surface area contributed by atoms with Gasteiger partial charge < -0.3 is 10.1 Å². The number of halogens is 1. The summed E-state index contributed by atoms with van der Waals surface area (Å²) in [5, 5.41) is 2.66. The predicted molar refractivity (Wildman–Crippen MR) is 93.4 cm³/mol. The van der Waals surface area contributed by atoms with Crippen LogP contribution in [-0.4, -0.2) is 34.2 Å². The molecule has 0 aliphatic carbocycles. The van der Waals surface area contributed by atoms with E-state index in [9.17, 15) is 17.6 Å². The maximum absolute atomic E-state index is 13.0. The van der Waals surface area contributed by atoms with Crippen molar-refractivity contribution in [1.29, 1.82) is 0 Å². The van der Waals surface area contributed by atoms with Crippen LogP contribution in [0.25, 0.3) is 0 Å². The molecule has 0 saturated heterocycles. The number of hydrogen-bond acceptors (Lipinski definition) is 4. The molecule has 2 rings (SSSR count). The maximum atomic E-state index is 13.0. The number of amides is 1. The van der Waals surface area contributed by atoms with Crippen molar-refractivity contribution in [3.05, 3.63) is 59.9 Å². The minimum atomic E-state index is -3.68. The van der Waals surface area contributed by atoms with Gasteiger partial charge in [-0.3, -0.25) is 9.10 Å². The third-order valence-corrected chi connectivity index (χ3v) is 4.59. The molecule has 0 saturated carbocycles. The number of nitrogens with zero attached hydrogens (tertiary/aromatic N) is 1. The van der Waals surface area contributed by atoms with Gasteiger partial charge in [-0.15, -0.1) is 0 Å². The summed E-state index contributed by atoms with van der Waals surface area (Å²) in [7, 11) is -2.12. The smallest absolute Gasteiger partial charge is 0.241 e. The Kier molecular flexibility index (Phi) is 5.97. The van der Waals surface area contributed by atoms with Crippen molar-refractivity contribution in [3.8, 4) is 5.75 Å². The summed E-state index contributed by atoms with van der Waals surface area (Å²) in [4.78, 5) is 12.1. The first kappa shape index (κ1) is 18.7. The number of hydrogen-bond donors (Lipinski definition) is 1. The number of methoxy groups -OCH3 is 1. The van der Waals surface area contributed by atoms with Gasteiger partial charge in [0, 0.05) is 6.54 Å². The standard InChI is InChI=1S/C17H19FN2O4S/c1-24-16-9-3-13(4-10-16)11-19-17(21)12-20(25(2,22)23)15-7-5-14(18)6-8-15/h3-10H,11-12H2,1-2H3,(H,19,21). The first-order valence-corrected chi connectivity index (χ1v) is 9.27. The van der Waals surface area contributed by atoms with Gasteiger partial charge in [-0.25, -0.2) is 12.8 Å². The molecule has 2 aromatic rings. The topological polar surface area (TPSA) is 75.7 Å². The van der Waals surface area contributed by atoms with Crippen molar-refractivity contribution in [1.82, 2.24) is 5.32 Å². The van der Waals surface area contributed by atoms with Gasteiger partial charge >= 0.3 is 0 Å². The molecule has 0 aliphatic heterocycles. The van der Waals surface area contributed by atoms with Gasteiger partial charge in [-0.2, -0.15) is 0 Å². The molecule has 134 valence electrons. The van der Waals surface area contributed by atoms with Crippen molar-refractivity contribution in [2.45, 2.75) is 6.54 Å². The molecule has 0 aromatic heterocycles. The quantitative estimate of drug-likeness (QED) is 0.812. The number of rotatable bonds is 7. The molecule has 0 heterocycles. The highest BCUT2D eigenvalue weighted by molar-refractivity contribution is 7.92. The summed E-state index contributed by atoms with van der Waals surface area (Å²) in [5.41, 5.74) is 1.07. The molecule has 0 fully saturated rings. The molecule has 2 aromatic carbocycles. The zero-order valence-electron chi connectivity index (χ0n) is 13.9. The monoisotopic (exact) mass is 366 g/mol. The highest BCUT2D eigenvalue weighted by Gasteiger charge is 2.20. The highest BCUT2D eigenvalue weighted by Crippen LogP contribution is 2.17. The fourth-order valence-electron chi connectivity index (χ4n) is 2.14. The average Bonchev–Trinajstić information content (AvgIpc) is 2.58. The van der Waals surface area contributed by atoms with Crippen molar-refractivity contribution >= 4 is 21.6 Å². The van der Waals surface area contributed by atoms with Crippen molar-refractivity contribution in [2.75, 3.05) is 24.2 Å². The van der Waals surface area contributed by atoms with Crippen LogP contribution in [-0.2, 0) is 21.4 Å². The Bertz CT molecular complexity index is 821. The van der Waals surface area contributed by atoms with Crippen LogP contribution in [0.2, 0.25) is 0 Å². The molecule has 0 radical (unpaired) electrons. The average molecular weight is 366 g/mol. The van der Waals surface area contributed by atoms with Gasteiger partial charge in [-0.05, 0) is 42.0 Å². The first-order chi connectivity index (χ1) is 11.8. The van der Waals surface area contributed by atoms with Crippen LogP contribution in [0.15, 0.2) is 48.5 Å². The second kappa shape index (κ2) is 7.98. The van der Waals surface area contributed by atoms with Gasteiger partial charge in [0.25, 0.3) is 0 Å². The van der Waals surface area contributed by atoms with E-state index in [1.54, 1.807) is 31.4 Å². The van der Waals surface area contributed by atoms with Crippen LogP contribution < -0.4 is 14.4 Å². The second-order valence-electron chi connectivity index (χ2n) is 5.37. The Morgan fingerprint density at radius 3 is 2.24 bits per heavy atom. The number of sulfonamides is 1. The lowest BCUT2D eigenvalue weighted by molar-refractivity contribution is -0.119. The molecule has 6 nitrogen and oxygen atoms in total. The fourth-order valence-corrected chi connectivity index (χ4v) is 2.99. The zero-order valence-corrected chi connectivity index (χ0v) is 14.7. The molecule has 25 heavy (non-hydrogen) atoms. The Balaban J connectivity index is 2.03. The first-order valence-electron chi connectivity index (χ1n) is 7.42. The molecule has 0 unspecified atom stereocenters. The van der Waals surface area contributed by atoms with E-state index in [-0.39, 0.29) is 18.8 Å². The number of nitrogens with one attached hydrogen (secondary N) is 1. The van der Waals surface area contributed by atoms with E-state index in [0.717, 1.165) is 28.3 Å². The third kappa shape index (κ3) is 5.46. The molecule has 0 aliphatic rings. The van der Waals surface area contributed by atoms with Crippen LogP contribution >= 0.6 is 0 Å². The van der Waals surface area contributed by atoms with Gasteiger partial charge in [0.05, 0.1) is 19.1 Å². The van der Waals surface area contributed by atoms with Gasteiger partial charge in [0.2, 0.25) is 15.9 Å². The van der Waals surface area contributed by atoms with Crippen LogP contribution in [0.5, 0.6) is 5.75 Å². The Morgan fingerprint density at radius 2 is 1.72 bits per heavy atom. The summed E-state index contributed by atoms with van der Waals surface area (Å²) >= 11 is 0. The molecule has 0 bridgehead atoms. The SMILES string of the molecule is COc1ccc(CNC(=O)CN(c2ccc(F)cc2)S(C)(=O)=O)cc1. The van der Waals surface area contributed by atoms with E-state index in [1.807, 2.05) is 0 Å². The summed E-state index contributed by atoms with van der Waals surface area (Å²) in [6.07, 6.45) is 0.993. The molecule has 0 spiro atoms. The van der Waals surface area contributed by atoms with Gasteiger partial charge in [0.15, 0.2) is 0 Å². The Hall–Kier alpha value is -2.61. The minimum Gasteiger partial charge on any atom is -0.497 e.